The largest absolute Gasteiger partial charge is 0.478 e. The van der Waals surface area contributed by atoms with Gasteiger partial charge in [0.2, 0.25) is 0 Å². The zero-order valence-corrected chi connectivity index (χ0v) is 7.95. The lowest BCUT2D eigenvalue weighted by atomic mass is 10.2. The average Bonchev–Trinajstić information content (AvgIpc) is 2.98. The number of aromatic carboxylic acids is 1. The van der Waals surface area contributed by atoms with Crippen LogP contribution in [0.15, 0.2) is 6.20 Å². The number of aromatic nitrogens is 2. The summed E-state index contributed by atoms with van der Waals surface area (Å²) in [5.74, 6) is -1.64. The first kappa shape index (κ1) is 10.8. The summed E-state index contributed by atoms with van der Waals surface area (Å²) >= 11 is 0. The Labute approximate surface area is 88.1 Å². The highest BCUT2D eigenvalue weighted by Crippen LogP contribution is 2.39. The summed E-state index contributed by atoms with van der Waals surface area (Å²) < 4.78 is 37.6. The Morgan fingerprint density at radius 3 is 2.50 bits per heavy atom. The fourth-order valence-corrected chi connectivity index (χ4v) is 1.31. The molecule has 0 unspecified atom stereocenters. The summed E-state index contributed by atoms with van der Waals surface area (Å²) in [5.41, 5.74) is -2.27. The van der Waals surface area contributed by atoms with Crippen molar-refractivity contribution < 1.29 is 23.1 Å². The van der Waals surface area contributed by atoms with E-state index in [0.29, 0.717) is 0 Å². The van der Waals surface area contributed by atoms with Gasteiger partial charge >= 0.3 is 12.1 Å². The number of hydrogen-bond donors (Lipinski definition) is 1. The molecule has 0 atom stereocenters. The molecule has 16 heavy (non-hydrogen) atoms. The Bertz CT molecular complexity index is 441. The summed E-state index contributed by atoms with van der Waals surface area (Å²) in [4.78, 5) is 17.5. The molecular weight excluding hydrogens is 225 g/mol. The zero-order valence-electron chi connectivity index (χ0n) is 7.95. The lowest BCUT2D eigenvalue weighted by Gasteiger charge is -2.09. The van der Waals surface area contributed by atoms with Gasteiger partial charge in [0.1, 0.15) is 11.4 Å². The third kappa shape index (κ3) is 1.98. The van der Waals surface area contributed by atoms with Gasteiger partial charge in [-0.05, 0) is 12.8 Å². The highest BCUT2D eigenvalue weighted by Gasteiger charge is 2.39. The second-order valence-electron chi connectivity index (χ2n) is 3.57. The highest BCUT2D eigenvalue weighted by atomic mass is 19.4. The van der Waals surface area contributed by atoms with Crippen LogP contribution in [0.25, 0.3) is 0 Å². The van der Waals surface area contributed by atoms with Crippen LogP contribution in [0, 0.1) is 0 Å². The van der Waals surface area contributed by atoms with Gasteiger partial charge in [-0.1, -0.05) is 0 Å². The summed E-state index contributed by atoms with van der Waals surface area (Å²) in [5, 5.41) is 8.59. The number of carbonyl (C=O) groups is 1. The molecule has 0 radical (unpaired) electrons. The standard InChI is InChI=1S/C9H7F3N2O2/c10-9(11,12)6-5(8(15)16)3-13-7(14-6)4-1-2-4/h3-4H,1-2H2,(H,15,16). The van der Waals surface area contributed by atoms with Crippen molar-refractivity contribution in [2.24, 2.45) is 0 Å². The first-order valence-corrected chi connectivity index (χ1v) is 4.57. The lowest BCUT2D eigenvalue weighted by Crippen LogP contribution is -2.17. The van der Waals surface area contributed by atoms with Crippen molar-refractivity contribution in [3.8, 4) is 0 Å². The fourth-order valence-electron chi connectivity index (χ4n) is 1.31. The molecule has 1 aliphatic carbocycles. The van der Waals surface area contributed by atoms with Gasteiger partial charge in [0, 0.05) is 12.1 Å². The minimum absolute atomic E-state index is 0.0519. The Morgan fingerprint density at radius 1 is 1.44 bits per heavy atom. The molecule has 0 aliphatic heterocycles. The van der Waals surface area contributed by atoms with Crippen LogP contribution < -0.4 is 0 Å². The lowest BCUT2D eigenvalue weighted by molar-refractivity contribution is -0.141. The molecule has 0 amide bonds. The Hall–Kier alpha value is -1.66. The molecule has 1 saturated carbocycles. The Balaban J connectivity index is 2.50. The van der Waals surface area contributed by atoms with Crippen molar-refractivity contribution in [2.75, 3.05) is 0 Å². The Kier molecular flexibility index (Phi) is 2.32. The molecule has 0 bridgehead atoms. The smallest absolute Gasteiger partial charge is 0.434 e. The van der Waals surface area contributed by atoms with Crippen molar-refractivity contribution in [3.63, 3.8) is 0 Å². The van der Waals surface area contributed by atoms with E-state index in [4.69, 9.17) is 5.11 Å². The predicted molar refractivity (Wildman–Crippen MR) is 46.0 cm³/mol. The molecule has 0 aromatic carbocycles. The summed E-state index contributed by atoms with van der Waals surface area (Å²) in [6.45, 7) is 0. The van der Waals surface area contributed by atoms with Crippen LogP contribution in [0.2, 0.25) is 0 Å². The van der Waals surface area contributed by atoms with E-state index in [-0.39, 0.29) is 11.7 Å². The predicted octanol–water partition coefficient (Wildman–Crippen LogP) is 2.07. The molecule has 1 aromatic rings. The number of hydrogen-bond acceptors (Lipinski definition) is 3. The molecular formula is C9H7F3N2O2. The molecule has 1 fully saturated rings. The van der Waals surface area contributed by atoms with Gasteiger partial charge in [-0.3, -0.25) is 0 Å². The molecule has 2 rings (SSSR count). The quantitative estimate of drug-likeness (QED) is 0.847. The summed E-state index contributed by atoms with van der Waals surface area (Å²) in [6.07, 6.45) is -2.53. The topological polar surface area (TPSA) is 63.1 Å². The molecule has 7 heteroatoms. The first-order chi connectivity index (χ1) is 7.39. The van der Waals surface area contributed by atoms with Gasteiger partial charge in [0.25, 0.3) is 0 Å². The molecule has 0 spiro atoms. The fraction of sp³-hybridized carbons (Fsp3) is 0.444. The molecule has 1 aromatic heterocycles. The summed E-state index contributed by atoms with van der Waals surface area (Å²) in [6, 6.07) is 0. The second kappa shape index (κ2) is 3.43. The normalized spacial score (nSPS) is 16.2. The number of halogens is 3. The van der Waals surface area contributed by atoms with Crippen LogP contribution in [0.4, 0.5) is 13.2 Å². The van der Waals surface area contributed by atoms with Crippen molar-refractivity contribution in [3.05, 3.63) is 23.3 Å². The number of carboxylic acid groups (broad SMARTS) is 1. The first-order valence-electron chi connectivity index (χ1n) is 4.57. The third-order valence-electron chi connectivity index (χ3n) is 2.25. The number of carboxylic acids is 1. The molecule has 4 nitrogen and oxygen atoms in total. The van der Waals surface area contributed by atoms with E-state index < -0.39 is 23.4 Å². The number of alkyl halides is 3. The van der Waals surface area contributed by atoms with E-state index in [1.165, 1.54) is 0 Å². The Morgan fingerprint density at radius 2 is 2.06 bits per heavy atom. The van der Waals surface area contributed by atoms with Gasteiger partial charge in [0.15, 0.2) is 5.69 Å². The molecule has 0 saturated heterocycles. The highest BCUT2D eigenvalue weighted by molar-refractivity contribution is 5.88. The zero-order chi connectivity index (χ0) is 11.9. The van der Waals surface area contributed by atoms with E-state index in [1.807, 2.05) is 0 Å². The van der Waals surface area contributed by atoms with Gasteiger partial charge in [-0.25, -0.2) is 14.8 Å². The van der Waals surface area contributed by atoms with Gasteiger partial charge in [-0.15, -0.1) is 0 Å². The molecule has 1 aliphatic rings. The van der Waals surface area contributed by atoms with Gasteiger partial charge in [-0.2, -0.15) is 13.2 Å². The SMILES string of the molecule is O=C(O)c1cnc(C2CC2)nc1C(F)(F)F. The molecule has 86 valence electrons. The monoisotopic (exact) mass is 232 g/mol. The third-order valence-corrected chi connectivity index (χ3v) is 2.25. The maximum Gasteiger partial charge on any atom is 0.434 e. The van der Waals surface area contributed by atoms with Crippen molar-refractivity contribution in [2.45, 2.75) is 24.9 Å². The van der Waals surface area contributed by atoms with Crippen LogP contribution in [-0.4, -0.2) is 21.0 Å². The average molecular weight is 232 g/mol. The summed E-state index contributed by atoms with van der Waals surface area (Å²) in [7, 11) is 0. The van der Waals surface area contributed by atoms with Gasteiger partial charge in [0.05, 0.1) is 0 Å². The van der Waals surface area contributed by atoms with Crippen LogP contribution in [0.3, 0.4) is 0 Å². The maximum atomic E-state index is 12.5. The van der Waals surface area contributed by atoms with E-state index in [1.54, 1.807) is 0 Å². The number of nitrogens with zero attached hydrogens (tertiary/aromatic N) is 2. The van der Waals surface area contributed by atoms with Crippen molar-refractivity contribution in [1.29, 1.82) is 0 Å². The van der Waals surface area contributed by atoms with E-state index in [2.05, 4.69) is 9.97 Å². The minimum atomic E-state index is -4.76. The number of rotatable bonds is 2. The van der Waals surface area contributed by atoms with E-state index in [0.717, 1.165) is 19.0 Å². The molecule has 1 N–H and O–H groups in total. The van der Waals surface area contributed by atoms with Crippen LogP contribution >= 0.6 is 0 Å². The van der Waals surface area contributed by atoms with Crippen molar-refractivity contribution >= 4 is 5.97 Å². The van der Waals surface area contributed by atoms with Crippen LogP contribution in [0.1, 0.15) is 40.6 Å². The minimum Gasteiger partial charge on any atom is -0.478 e. The maximum absolute atomic E-state index is 12.5. The van der Waals surface area contributed by atoms with Crippen molar-refractivity contribution in [1.82, 2.24) is 9.97 Å². The second-order valence-corrected chi connectivity index (χ2v) is 3.57. The van der Waals surface area contributed by atoms with Crippen LogP contribution in [0.5, 0.6) is 0 Å². The van der Waals surface area contributed by atoms with Gasteiger partial charge < -0.3 is 5.11 Å². The van der Waals surface area contributed by atoms with Crippen LogP contribution in [-0.2, 0) is 6.18 Å². The van der Waals surface area contributed by atoms with E-state index >= 15 is 0 Å². The van der Waals surface area contributed by atoms with E-state index in [9.17, 15) is 18.0 Å². The molecule has 1 heterocycles.